The van der Waals surface area contributed by atoms with Crippen molar-refractivity contribution in [3.63, 3.8) is 0 Å². The molecule has 108 valence electrons. The minimum atomic E-state index is -4.29. The molecule has 0 amide bonds. The number of hydrogen-bond donors (Lipinski definition) is 1. The van der Waals surface area contributed by atoms with Gasteiger partial charge in [0, 0.05) is 16.6 Å². The van der Waals surface area contributed by atoms with Gasteiger partial charge in [-0.05, 0) is 43.9 Å². The molecule has 0 radical (unpaired) electrons. The molecule has 1 unspecified atom stereocenters. The van der Waals surface area contributed by atoms with Crippen LogP contribution in [-0.4, -0.2) is 11.2 Å². The van der Waals surface area contributed by atoms with Gasteiger partial charge < -0.3 is 4.98 Å². The van der Waals surface area contributed by atoms with Crippen LogP contribution in [0.1, 0.15) is 31.0 Å². The Balaban J connectivity index is 2.35. The van der Waals surface area contributed by atoms with Gasteiger partial charge in [0.1, 0.15) is 5.41 Å². The van der Waals surface area contributed by atoms with E-state index in [1.165, 1.54) is 6.92 Å². The molecule has 0 saturated heterocycles. The molecular weight excluding hydrogens is 310 g/mol. The number of benzene rings is 1. The van der Waals surface area contributed by atoms with Crippen LogP contribution in [0.5, 0.6) is 0 Å². The second kappa shape index (κ2) is 4.31. The van der Waals surface area contributed by atoms with Crippen LogP contribution in [0.25, 0.3) is 10.9 Å². The van der Waals surface area contributed by atoms with Crippen LogP contribution in [0.3, 0.4) is 0 Å². The Morgan fingerprint density at radius 1 is 1.25 bits per heavy atom. The van der Waals surface area contributed by atoms with Gasteiger partial charge in [-0.15, -0.1) is 0 Å². The number of rotatable bonds is 0. The van der Waals surface area contributed by atoms with Gasteiger partial charge in [0.15, 0.2) is 0 Å². The number of nitrogens with one attached hydrogen (secondary N) is 1. The zero-order chi connectivity index (χ0) is 14.7. The van der Waals surface area contributed by atoms with E-state index in [0.717, 1.165) is 0 Å². The van der Waals surface area contributed by atoms with E-state index in [1.807, 2.05) is 0 Å². The highest BCUT2D eigenvalue weighted by atomic mass is 35.5. The standard InChI is InChI=1S/C14H12Cl2F3N/c1-13(14(17,18)19)6-2-3-7-10-9(20-12(7)13)5-4-8(15)11(10)16/h4-5,20H,2-3,6H2,1H3. The lowest BCUT2D eigenvalue weighted by Crippen LogP contribution is -2.42. The second-order valence-electron chi connectivity index (χ2n) is 5.45. The predicted molar refractivity (Wildman–Crippen MR) is 74.7 cm³/mol. The normalized spacial score (nSPS) is 23.1. The van der Waals surface area contributed by atoms with Gasteiger partial charge in [0.25, 0.3) is 0 Å². The topological polar surface area (TPSA) is 15.8 Å². The van der Waals surface area contributed by atoms with E-state index in [1.54, 1.807) is 12.1 Å². The monoisotopic (exact) mass is 321 g/mol. The third-order valence-corrected chi connectivity index (χ3v) is 5.04. The first-order valence-electron chi connectivity index (χ1n) is 6.31. The number of aromatic amines is 1. The van der Waals surface area contributed by atoms with Gasteiger partial charge in [-0.1, -0.05) is 23.2 Å². The molecule has 0 fully saturated rings. The fourth-order valence-corrected chi connectivity index (χ4v) is 3.47. The largest absolute Gasteiger partial charge is 0.399 e. The molecule has 0 bridgehead atoms. The Morgan fingerprint density at radius 2 is 1.95 bits per heavy atom. The highest BCUT2D eigenvalue weighted by Crippen LogP contribution is 2.50. The molecule has 1 nitrogen and oxygen atoms in total. The van der Waals surface area contributed by atoms with E-state index in [-0.39, 0.29) is 12.1 Å². The SMILES string of the molecule is CC1(C(F)(F)F)CCCc2c1[nH]c1ccc(Cl)c(Cl)c21. The van der Waals surface area contributed by atoms with Crippen molar-refractivity contribution in [1.29, 1.82) is 0 Å². The number of alkyl halides is 3. The van der Waals surface area contributed by atoms with Crippen molar-refractivity contribution in [2.45, 2.75) is 37.8 Å². The lowest BCUT2D eigenvalue weighted by molar-refractivity contribution is -0.190. The molecule has 1 aromatic heterocycles. The quantitative estimate of drug-likeness (QED) is 0.647. The molecule has 2 aromatic rings. The average molecular weight is 322 g/mol. The van der Waals surface area contributed by atoms with Crippen LogP contribution in [0.15, 0.2) is 12.1 Å². The summed E-state index contributed by atoms with van der Waals surface area (Å²) in [5, 5.41) is 1.32. The third-order valence-electron chi connectivity index (χ3n) is 4.24. The molecule has 3 rings (SSSR count). The molecule has 1 N–H and O–H groups in total. The summed E-state index contributed by atoms with van der Waals surface area (Å²) in [4.78, 5) is 2.92. The molecule has 20 heavy (non-hydrogen) atoms. The van der Waals surface area contributed by atoms with E-state index in [4.69, 9.17) is 23.2 Å². The maximum Gasteiger partial charge on any atom is 0.399 e. The smallest absolute Gasteiger partial charge is 0.357 e. The van der Waals surface area contributed by atoms with Crippen molar-refractivity contribution < 1.29 is 13.2 Å². The van der Waals surface area contributed by atoms with Crippen LogP contribution in [0.2, 0.25) is 10.0 Å². The molecule has 0 aliphatic heterocycles. The maximum absolute atomic E-state index is 13.4. The van der Waals surface area contributed by atoms with Gasteiger partial charge in [-0.25, -0.2) is 0 Å². The van der Waals surface area contributed by atoms with Gasteiger partial charge in [-0.2, -0.15) is 13.2 Å². The number of aryl methyl sites for hydroxylation is 1. The highest BCUT2D eigenvalue weighted by Gasteiger charge is 2.55. The van der Waals surface area contributed by atoms with Gasteiger partial charge in [-0.3, -0.25) is 0 Å². The number of fused-ring (bicyclic) bond motifs is 3. The fourth-order valence-electron chi connectivity index (χ4n) is 3.03. The van der Waals surface area contributed by atoms with Crippen LogP contribution >= 0.6 is 23.2 Å². The van der Waals surface area contributed by atoms with Crippen molar-refractivity contribution in [3.8, 4) is 0 Å². The average Bonchev–Trinajstić information content (AvgIpc) is 2.73. The van der Waals surface area contributed by atoms with Crippen molar-refractivity contribution in [2.75, 3.05) is 0 Å². The molecule has 0 spiro atoms. The Hall–Kier alpha value is -0.870. The lowest BCUT2D eigenvalue weighted by atomic mass is 9.74. The number of aromatic nitrogens is 1. The Bertz CT molecular complexity index is 690. The molecule has 1 aromatic carbocycles. The first kappa shape index (κ1) is 14.1. The zero-order valence-electron chi connectivity index (χ0n) is 10.7. The number of halogens is 5. The molecule has 1 aliphatic carbocycles. The Morgan fingerprint density at radius 3 is 2.60 bits per heavy atom. The maximum atomic E-state index is 13.4. The zero-order valence-corrected chi connectivity index (χ0v) is 12.2. The van der Waals surface area contributed by atoms with Crippen LogP contribution < -0.4 is 0 Å². The summed E-state index contributed by atoms with van der Waals surface area (Å²) in [6.45, 7) is 1.25. The van der Waals surface area contributed by atoms with Crippen LogP contribution in [-0.2, 0) is 11.8 Å². The molecule has 1 heterocycles. The Labute approximate surface area is 124 Å². The fraction of sp³-hybridized carbons (Fsp3) is 0.429. The lowest BCUT2D eigenvalue weighted by Gasteiger charge is -2.35. The van der Waals surface area contributed by atoms with Gasteiger partial charge >= 0.3 is 6.18 Å². The summed E-state index contributed by atoms with van der Waals surface area (Å²) in [7, 11) is 0. The number of H-pyrrole nitrogens is 1. The first-order chi connectivity index (χ1) is 9.25. The minimum Gasteiger partial charge on any atom is -0.357 e. The summed E-state index contributed by atoms with van der Waals surface area (Å²) in [6, 6.07) is 3.28. The second-order valence-corrected chi connectivity index (χ2v) is 6.23. The molecule has 1 atom stereocenters. The Kier molecular flexibility index (Phi) is 3.04. The summed E-state index contributed by atoms with van der Waals surface area (Å²) in [5.41, 5.74) is -0.356. The van der Waals surface area contributed by atoms with Crippen LogP contribution in [0.4, 0.5) is 13.2 Å². The van der Waals surface area contributed by atoms with E-state index in [0.29, 0.717) is 39.4 Å². The first-order valence-corrected chi connectivity index (χ1v) is 7.07. The molecular formula is C14H12Cl2F3N. The van der Waals surface area contributed by atoms with E-state index < -0.39 is 11.6 Å². The predicted octanol–water partition coefficient (Wildman–Crippen LogP) is 5.63. The van der Waals surface area contributed by atoms with E-state index >= 15 is 0 Å². The van der Waals surface area contributed by atoms with Crippen molar-refractivity contribution in [2.24, 2.45) is 0 Å². The minimum absolute atomic E-state index is 0.0850. The summed E-state index contributed by atoms with van der Waals surface area (Å²) < 4.78 is 40.3. The van der Waals surface area contributed by atoms with E-state index in [2.05, 4.69) is 4.98 Å². The van der Waals surface area contributed by atoms with Crippen molar-refractivity contribution in [3.05, 3.63) is 33.4 Å². The summed E-state index contributed by atoms with van der Waals surface area (Å²) in [6.07, 6.45) is -3.14. The number of hydrogen-bond acceptors (Lipinski definition) is 0. The van der Waals surface area contributed by atoms with Crippen molar-refractivity contribution in [1.82, 2.24) is 4.98 Å². The third kappa shape index (κ3) is 1.77. The van der Waals surface area contributed by atoms with Gasteiger partial charge in [0.2, 0.25) is 0 Å². The molecule has 6 heteroatoms. The molecule has 0 saturated carbocycles. The molecule has 1 aliphatic rings. The van der Waals surface area contributed by atoms with Crippen LogP contribution in [0, 0.1) is 0 Å². The van der Waals surface area contributed by atoms with E-state index in [9.17, 15) is 13.2 Å². The summed E-state index contributed by atoms with van der Waals surface area (Å²) in [5.74, 6) is 0. The highest BCUT2D eigenvalue weighted by molar-refractivity contribution is 6.45. The van der Waals surface area contributed by atoms with Crippen molar-refractivity contribution >= 4 is 34.1 Å². The summed E-state index contributed by atoms with van der Waals surface area (Å²) >= 11 is 12.2. The van der Waals surface area contributed by atoms with Gasteiger partial charge in [0.05, 0.1) is 10.0 Å².